The van der Waals surface area contributed by atoms with Crippen molar-refractivity contribution < 1.29 is 14.3 Å². The molecule has 3 heterocycles. The third kappa shape index (κ3) is 4.49. The number of hydrogen-bond donors (Lipinski definition) is 1. The van der Waals surface area contributed by atoms with Gasteiger partial charge in [0.05, 0.1) is 13.1 Å². The number of anilines is 3. The van der Waals surface area contributed by atoms with Crippen molar-refractivity contribution in [2.45, 2.75) is 25.9 Å². The molecule has 2 aliphatic rings. The average molecular weight is 458 g/mol. The molecule has 2 fully saturated rings. The molecule has 8 nitrogen and oxygen atoms in total. The van der Waals surface area contributed by atoms with Gasteiger partial charge in [0.15, 0.2) is 0 Å². The summed E-state index contributed by atoms with van der Waals surface area (Å²) < 4.78 is 6.02. The van der Waals surface area contributed by atoms with Crippen LogP contribution in [0.5, 0.6) is 0 Å². The zero-order valence-electron chi connectivity index (χ0n) is 19.3. The number of para-hydroxylation sites is 1. The van der Waals surface area contributed by atoms with Gasteiger partial charge >= 0.3 is 0 Å². The maximum Gasteiger partial charge on any atom is 0.254 e. The molecular formula is C26H27N5O3. The van der Waals surface area contributed by atoms with Crippen molar-refractivity contribution in [1.82, 2.24) is 14.9 Å². The third-order valence-corrected chi connectivity index (χ3v) is 6.27. The van der Waals surface area contributed by atoms with Crippen LogP contribution in [0, 0.1) is 13.8 Å². The van der Waals surface area contributed by atoms with Gasteiger partial charge in [-0.1, -0.05) is 24.3 Å². The van der Waals surface area contributed by atoms with Crippen molar-refractivity contribution in [2.75, 3.05) is 36.5 Å². The Hall–Kier alpha value is -3.78. The van der Waals surface area contributed by atoms with Crippen LogP contribution in [-0.4, -0.2) is 58.5 Å². The van der Waals surface area contributed by atoms with E-state index in [1.54, 1.807) is 4.90 Å². The molecule has 2 aromatic carbocycles. The zero-order valence-corrected chi connectivity index (χ0v) is 19.3. The van der Waals surface area contributed by atoms with Crippen LogP contribution < -0.4 is 10.2 Å². The molecule has 0 aliphatic carbocycles. The first kappa shape index (κ1) is 22.0. The van der Waals surface area contributed by atoms with Crippen LogP contribution >= 0.6 is 0 Å². The highest BCUT2D eigenvalue weighted by atomic mass is 16.5. The highest BCUT2D eigenvalue weighted by Gasteiger charge is 2.46. The summed E-state index contributed by atoms with van der Waals surface area (Å²) in [5.41, 5.74) is 3.38. The molecule has 2 amide bonds. The third-order valence-electron chi connectivity index (χ3n) is 6.27. The monoisotopic (exact) mass is 457 g/mol. The zero-order chi connectivity index (χ0) is 23.7. The first-order valence-electron chi connectivity index (χ1n) is 11.4. The molecule has 1 N–H and O–H groups in total. The van der Waals surface area contributed by atoms with Crippen LogP contribution in [0.4, 0.5) is 17.3 Å². The summed E-state index contributed by atoms with van der Waals surface area (Å²) >= 11 is 0. The Balaban J connectivity index is 1.30. The predicted molar refractivity (Wildman–Crippen MR) is 129 cm³/mol. The standard InChI is InChI=1S/C26H27N5O3/c1-18-13-19(2)28-25(27-18)29-21-8-6-7-20(14-21)24(33)30-12-11-26(16-30)17-31(23(32)15-34-26)22-9-4-3-5-10-22/h3-10,13-14H,11-12,15-17H2,1-2H3,(H,27,28,29). The van der Waals surface area contributed by atoms with E-state index in [-0.39, 0.29) is 18.4 Å². The molecule has 1 aromatic heterocycles. The molecule has 0 radical (unpaired) electrons. The van der Waals surface area contributed by atoms with Crippen LogP contribution in [0.15, 0.2) is 60.7 Å². The predicted octanol–water partition coefficient (Wildman–Crippen LogP) is 3.49. The minimum absolute atomic E-state index is 0.0201. The van der Waals surface area contributed by atoms with Crippen molar-refractivity contribution in [2.24, 2.45) is 0 Å². The number of likely N-dealkylation sites (tertiary alicyclic amines) is 1. The fourth-order valence-electron chi connectivity index (χ4n) is 4.65. The topological polar surface area (TPSA) is 87.7 Å². The van der Waals surface area contributed by atoms with Gasteiger partial charge < -0.3 is 19.9 Å². The molecule has 1 spiro atoms. The van der Waals surface area contributed by atoms with Gasteiger partial charge in [0.2, 0.25) is 5.95 Å². The number of carbonyl (C=O) groups is 2. The van der Waals surface area contributed by atoms with E-state index in [9.17, 15) is 9.59 Å². The maximum atomic E-state index is 13.3. The van der Waals surface area contributed by atoms with Crippen molar-refractivity contribution >= 4 is 29.1 Å². The van der Waals surface area contributed by atoms with Crippen LogP contribution in [0.2, 0.25) is 0 Å². The van der Waals surface area contributed by atoms with Gasteiger partial charge in [0, 0.05) is 34.9 Å². The lowest BCUT2D eigenvalue weighted by Gasteiger charge is -2.40. The molecule has 2 saturated heterocycles. The number of nitrogens with zero attached hydrogens (tertiary/aromatic N) is 4. The summed E-state index contributed by atoms with van der Waals surface area (Å²) in [4.78, 5) is 38.2. The van der Waals surface area contributed by atoms with E-state index in [1.807, 2.05) is 79.4 Å². The first-order valence-corrected chi connectivity index (χ1v) is 11.4. The van der Waals surface area contributed by atoms with E-state index in [2.05, 4.69) is 15.3 Å². The number of nitrogens with one attached hydrogen (secondary N) is 1. The molecule has 174 valence electrons. The lowest BCUT2D eigenvalue weighted by molar-refractivity contribution is -0.137. The summed E-state index contributed by atoms with van der Waals surface area (Å²) in [6, 6.07) is 18.9. The second-order valence-corrected chi connectivity index (χ2v) is 8.94. The van der Waals surface area contributed by atoms with Gasteiger partial charge in [-0.25, -0.2) is 9.97 Å². The number of benzene rings is 2. The Morgan fingerprint density at radius 1 is 1.00 bits per heavy atom. The van der Waals surface area contributed by atoms with Gasteiger partial charge in [-0.3, -0.25) is 9.59 Å². The molecule has 5 rings (SSSR count). The number of morpholine rings is 1. The maximum absolute atomic E-state index is 13.3. The van der Waals surface area contributed by atoms with Gasteiger partial charge in [0.1, 0.15) is 12.2 Å². The Bertz CT molecular complexity index is 1210. The Morgan fingerprint density at radius 2 is 1.76 bits per heavy atom. The van der Waals surface area contributed by atoms with Gasteiger partial charge in [-0.15, -0.1) is 0 Å². The minimum Gasteiger partial charge on any atom is -0.361 e. The smallest absolute Gasteiger partial charge is 0.254 e. The van der Waals surface area contributed by atoms with E-state index in [4.69, 9.17) is 4.74 Å². The van der Waals surface area contributed by atoms with Crippen LogP contribution in [0.1, 0.15) is 28.2 Å². The quantitative estimate of drug-likeness (QED) is 0.645. The second kappa shape index (κ2) is 8.87. The lowest BCUT2D eigenvalue weighted by atomic mass is 10.00. The van der Waals surface area contributed by atoms with Gasteiger partial charge in [-0.05, 0) is 56.7 Å². The van der Waals surface area contributed by atoms with Crippen molar-refractivity contribution in [3.63, 3.8) is 0 Å². The molecule has 0 saturated carbocycles. The molecule has 8 heteroatoms. The van der Waals surface area contributed by atoms with Crippen LogP contribution in [-0.2, 0) is 9.53 Å². The fraction of sp³-hybridized carbons (Fsp3) is 0.308. The molecule has 2 aliphatic heterocycles. The number of amides is 2. The molecule has 34 heavy (non-hydrogen) atoms. The summed E-state index contributed by atoms with van der Waals surface area (Å²) in [5, 5.41) is 3.20. The second-order valence-electron chi connectivity index (χ2n) is 8.94. The molecular weight excluding hydrogens is 430 g/mol. The number of rotatable bonds is 4. The minimum atomic E-state index is -0.553. The van der Waals surface area contributed by atoms with E-state index < -0.39 is 5.60 Å². The van der Waals surface area contributed by atoms with E-state index in [0.717, 1.165) is 22.8 Å². The van der Waals surface area contributed by atoms with Crippen molar-refractivity contribution in [3.8, 4) is 0 Å². The van der Waals surface area contributed by atoms with Gasteiger partial charge in [0.25, 0.3) is 11.8 Å². The highest BCUT2D eigenvalue weighted by molar-refractivity contribution is 5.96. The number of aryl methyl sites for hydroxylation is 2. The van der Waals surface area contributed by atoms with E-state index in [0.29, 0.717) is 37.6 Å². The SMILES string of the molecule is Cc1cc(C)nc(Nc2cccc(C(=O)N3CCC4(C3)CN(c3ccccc3)C(=O)CO4)c2)n1. The number of ether oxygens (including phenoxy) is 1. The average Bonchev–Trinajstić information content (AvgIpc) is 3.24. The first-order chi connectivity index (χ1) is 16.4. The highest BCUT2D eigenvalue weighted by Crippen LogP contribution is 2.33. The van der Waals surface area contributed by atoms with Crippen LogP contribution in [0.3, 0.4) is 0 Å². The van der Waals surface area contributed by atoms with E-state index in [1.165, 1.54) is 0 Å². The Labute approximate surface area is 198 Å². The van der Waals surface area contributed by atoms with E-state index >= 15 is 0 Å². The lowest BCUT2D eigenvalue weighted by Crippen LogP contribution is -2.56. The number of hydrogen-bond acceptors (Lipinski definition) is 6. The molecule has 1 atom stereocenters. The molecule has 0 bridgehead atoms. The Kier molecular flexibility index (Phi) is 5.75. The summed E-state index contributed by atoms with van der Waals surface area (Å²) in [6.45, 7) is 5.32. The summed E-state index contributed by atoms with van der Waals surface area (Å²) in [7, 11) is 0. The van der Waals surface area contributed by atoms with Crippen molar-refractivity contribution in [3.05, 3.63) is 77.6 Å². The summed E-state index contributed by atoms with van der Waals surface area (Å²) in [5.74, 6) is 0.381. The Morgan fingerprint density at radius 3 is 2.53 bits per heavy atom. The number of carbonyl (C=O) groups excluding carboxylic acids is 2. The van der Waals surface area contributed by atoms with Crippen LogP contribution in [0.25, 0.3) is 0 Å². The summed E-state index contributed by atoms with van der Waals surface area (Å²) in [6.07, 6.45) is 0.684. The van der Waals surface area contributed by atoms with Crippen molar-refractivity contribution in [1.29, 1.82) is 0 Å². The normalized spacial score (nSPS) is 20.1. The van der Waals surface area contributed by atoms with Gasteiger partial charge in [-0.2, -0.15) is 0 Å². The molecule has 1 unspecified atom stereocenters. The largest absolute Gasteiger partial charge is 0.361 e. The number of aromatic nitrogens is 2. The fourth-order valence-corrected chi connectivity index (χ4v) is 4.65. The molecule has 3 aromatic rings.